The van der Waals surface area contributed by atoms with Gasteiger partial charge in [0, 0.05) is 18.1 Å². The molecule has 0 aliphatic rings. The molecule has 132 valence electrons. The molecule has 0 amide bonds. The van der Waals surface area contributed by atoms with Gasteiger partial charge in [0.05, 0.1) is 21.3 Å². The molecule has 2 rings (SSSR count). The predicted octanol–water partition coefficient (Wildman–Crippen LogP) is 3.79. The predicted molar refractivity (Wildman–Crippen MR) is 97.4 cm³/mol. The smallest absolute Gasteiger partial charge is 0.240 e. The largest absolute Gasteiger partial charge is 0.268 e. The molecule has 2 aromatic rings. The lowest BCUT2D eigenvalue weighted by Crippen LogP contribution is -2.26. The van der Waals surface area contributed by atoms with E-state index in [0.717, 1.165) is 17.0 Å². The van der Waals surface area contributed by atoms with Crippen LogP contribution < -0.4 is 4.72 Å². The molecule has 0 unspecified atom stereocenters. The number of nitrogens with one attached hydrogen (secondary N) is 1. The van der Waals surface area contributed by atoms with Gasteiger partial charge in [-0.1, -0.05) is 23.2 Å². The maximum Gasteiger partial charge on any atom is 0.240 e. The van der Waals surface area contributed by atoms with Crippen molar-refractivity contribution >= 4 is 33.2 Å². The van der Waals surface area contributed by atoms with Gasteiger partial charge in [-0.2, -0.15) is 5.10 Å². The molecule has 0 fully saturated rings. The van der Waals surface area contributed by atoms with Crippen molar-refractivity contribution in [3.05, 3.63) is 44.7 Å². The van der Waals surface area contributed by atoms with Gasteiger partial charge in [-0.25, -0.2) is 13.1 Å². The fourth-order valence-corrected chi connectivity index (χ4v) is 4.19. The molecule has 0 radical (unpaired) electrons. The number of halogens is 2. The average Bonchev–Trinajstić information content (AvgIpc) is 2.74. The summed E-state index contributed by atoms with van der Waals surface area (Å²) in [7, 11) is -3.56. The second-order valence-corrected chi connectivity index (χ2v) is 8.35. The van der Waals surface area contributed by atoms with Crippen LogP contribution in [0.5, 0.6) is 0 Å². The Morgan fingerprint density at radius 1 is 1.12 bits per heavy atom. The number of aromatic nitrogens is 2. The molecule has 24 heavy (non-hydrogen) atoms. The summed E-state index contributed by atoms with van der Waals surface area (Å²) in [5, 5.41) is 5.55. The van der Waals surface area contributed by atoms with Crippen molar-refractivity contribution < 1.29 is 8.42 Å². The lowest BCUT2D eigenvalue weighted by Gasteiger charge is -2.11. The molecule has 1 N–H and O–H groups in total. The zero-order chi connectivity index (χ0) is 18.1. The second kappa shape index (κ2) is 7.44. The Bertz CT molecular complexity index is 861. The summed E-state index contributed by atoms with van der Waals surface area (Å²) < 4.78 is 29.3. The normalized spacial score (nSPS) is 11.9. The van der Waals surface area contributed by atoms with E-state index in [-0.39, 0.29) is 4.90 Å². The zero-order valence-electron chi connectivity index (χ0n) is 14.2. The standard InChI is InChI=1S/C16H21Cl2N3O2S/c1-10-9-15(11(2)8-14(10)17)24(22,23)19-6-5-7-21-13(4)16(18)12(3)20-21/h8-9,19H,5-7H2,1-4H3. The number of nitrogens with zero attached hydrogens (tertiary/aromatic N) is 2. The van der Waals surface area contributed by atoms with E-state index in [1.165, 1.54) is 0 Å². The highest BCUT2D eigenvalue weighted by Gasteiger charge is 2.18. The molecule has 8 heteroatoms. The van der Waals surface area contributed by atoms with Crippen LogP contribution in [0.4, 0.5) is 0 Å². The van der Waals surface area contributed by atoms with Gasteiger partial charge in [0.1, 0.15) is 0 Å². The molecule has 0 saturated heterocycles. The third-order valence-corrected chi connectivity index (χ3v) is 6.43. The van der Waals surface area contributed by atoms with E-state index in [1.54, 1.807) is 30.7 Å². The number of aryl methyl sites for hydroxylation is 4. The minimum absolute atomic E-state index is 0.263. The molecule has 0 aliphatic carbocycles. The highest BCUT2D eigenvalue weighted by atomic mass is 35.5. The van der Waals surface area contributed by atoms with E-state index in [0.29, 0.717) is 35.1 Å². The molecule has 5 nitrogen and oxygen atoms in total. The summed E-state index contributed by atoms with van der Waals surface area (Å²) in [4.78, 5) is 0.263. The van der Waals surface area contributed by atoms with Crippen LogP contribution in [0.1, 0.15) is 28.9 Å². The molecular weight excluding hydrogens is 369 g/mol. The topological polar surface area (TPSA) is 64.0 Å². The maximum absolute atomic E-state index is 12.5. The van der Waals surface area contributed by atoms with Crippen molar-refractivity contribution in [3.8, 4) is 0 Å². The summed E-state index contributed by atoms with van der Waals surface area (Å²) in [5.41, 5.74) is 3.03. The van der Waals surface area contributed by atoms with Gasteiger partial charge in [-0.15, -0.1) is 0 Å². The quantitative estimate of drug-likeness (QED) is 0.764. The Labute approximate surface area is 153 Å². The van der Waals surface area contributed by atoms with E-state index in [4.69, 9.17) is 23.2 Å². The Kier molecular flexibility index (Phi) is 5.96. The van der Waals surface area contributed by atoms with Crippen molar-refractivity contribution in [3.63, 3.8) is 0 Å². The van der Waals surface area contributed by atoms with E-state index in [2.05, 4.69) is 9.82 Å². The van der Waals surface area contributed by atoms with Crippen molar-refractivity contribution in [2.45, 2.75) is 45.6 Å². The fourth-order valence-electron chi connectivity index (χ4n) is 2.45. The molecule has 0 bridgehead atoms. The van der Waals surface area contributed by atoms with Crippen LogP contribution in [0.25, 0.3) is 0 Å². The summed E-state index contributed by atoms with van der Waals surface area (Å²) >= 11 is 12.1. The van der Waals surface area contributed by atoms with Gasteiger partial charge in [-0.05, 0) is 57.4 Å². The van der Waals surface area contributed by atoms with E-state index in [9.17, 15) is 8.42 Å². The Morgan fingerprint density at radius 3 is 2.38 bits per heavy atom. The number of rotatable bonds is 6. The first kappa shape index (κ1) is 19.2. The molecular formula is C16H21Cl2N3O2S. The first-order valence-corrected chi connectivity index (χ1v) is 9.83. The van der Waals surface area contributed by atoms with Gasteiger partial charge in [0.25, 0.3) is 0 Å². The van der Waals surface area contributed by atoms with Crippen LogP contribution in [0.2, 0.25) is 10.0 Å². The van der Waals surface area contributed by atoms with Crippen LogP contribution in [-0.4, -0.2) is 24.7 Å². The summed E-state index contributed by atoms with van der Waals surface area (Å²) in [6.45, 7) is 8.18. The van der Waals surface area contributed by atoms with Crippen LogP contribution in [-0.2, 0) is 16.6 Å². The van der Waals surface area contributed by atoms with Crippen molar-refractivity contribution in [2.24, 2.45) is 0 Å². The Balaban J connectivity index is 2.01. The number of hydrogen-bond donors (Lipinski definition) is 1. The second-order valence-electron chi connectivity index (χ2n) is 5.83. The molecule has 1 aromatic carbocycles. The molecule has 1 aromatic heterocycles. The first-order valence-electron chi connectivity index (χ1n) is 7.59. The van der Waals surface area contributed by atoms with E-state index < -0.39 is 10.0 Å². The summed E-state index contributed by atoms with van der Waals surface area (Å²) in [6, 6.07) is 3.27. The van der Waals surface area contributed by atoms with Gasteiger partial charge < -0.3 is 0 Å². The van der Waals surface area contributed by atoms with Gasteiger partial charge >= 0.3 is 0 Å². The summed E-state index contributed by atoms with van der Waals surface area (Å²) in [5.74, 6) is 0. The van der Waals surface area contributed by atoms with E-state index in [1.807, 2.05) is 13.8 Å². The fraction of sp³-hybridized carbons (Fsp3) is 0.438. The Morgan fingerprint density at radius 2 is 1.79 bits per heavy atom. The molecule has 1 heterocycles. The lowest BCUT2D eigenvalue weighted by molar-refractivity contribution is 0.544. The number of hydrogen-bond acceptors (Lipinski definition) is 3. The lowest BCUT2D eigenvalue weighted by atomic mass is 10.2. The van der Waals surface area contributed by atoms with Crippen LogP contribution >= 0.6 is 23.2 Å². The van der Waals surface area contributed by atoms with Gasteiger partial charge in [-0.3, -0.25) is 4.68 Å². The minimum atomic E-state index is -3.56. The Hall–Kier alpha value is -1.08. The van der Waals surface area contributed by atoms with Crippen molar-refractivity contribution in [1.29, 1.82) is 0 Å². The third kappa shape index (κ3) is 4.11. The molecule has 0 saturated carbocycles. The highest BCUT2D eigenvalue weighted by molar-refractivity contribution is 7.89. The number of benzene rings is 1. The third-order valence-electron chi connectivity index (χ3n) is 3.88. The monoisotopic (exact) mass is 389 g/mol. The molecule has 0 aliphatic heterocycles. The van der Waals surface area contributed by atoms with Gasteiger partial charge in [0.2, 0.25) is 10.0 Å². The van der Waals surface area contributed by atoms with E-state index >= 15 is 0 Å². The van der Waals surface area contributed by atoms with Crippen molar-refractivity contribution in [2.75, 3.05) is 6.54 Å². The minimum Gasteiger partial charge on any atom is -0.268 e. The van der Waals surface area contributed by atoms with Crippen LogP contribution in [0.15, 0.2) is 17.0 Å². The van der Waals surface area contributed by atoms with Crippen molar-refractivity contribution in [1.82, 2.24) is 14.5 Å². The molecule has 0 spiro atoms. The average molecular weight is 390 g/mol. The highest BCUT2D eigenvalue weighted by Crippen LogP contribution is 2.24. The first-order chi connectivity index (χ1) is 11.1. The maximum atomic E-state index is 12.5. The van der Waals surface area contributed by atoms with Crippen LogP contribution in [0.3, 0.4) is 0 Å². The van der Waals surface area contributed by atoms with Crippen LogP contribution in [0, 0.1) is 27.7 Å². The summed E-state index contributed by atoms with van der Waals surface area (Å²) in [6.07, 6.45) is 0.614. The van der Waals surface area contributed by atoms with Gasteiger partial charge in [0.15, 0.2) is 0 Å². The number of sulfonamides is 1. The molecule has 0 atom stereocenters. The zero-order valence-corrected chi connectivity index (χ0v) is 16.5. The SMILES string of the molecule is Cc1cc(S(=O)(=O)NCCCn2nc(C)c(Cl)c2C)c(C)cc1Cl.